The first kappa shape index (κ1) is 14.9. The van der Waals surface area contributed by atoms with Crippen molar-refractivity contribution in [1.29, 1.82) is 0 Å². The number of thioether (sulfide) groups is 1. The van der Waals surface area contributed by atoms with E-state index >= 15 is 0 Å². The van der Waals surface area contributed by atoms with Crippen molar-refractivity contribution in [3.63, 3.8) is 0 Å². The Bertz CT molecular complexity index is 794. The van der Waals surface area contributed by atoms with Crippen LogP contribution in [0, 0.1) is 6.92 Å². The molecule has 2 heterocycles. The summed E-state index contributed by atoms with van der Waals surface area (Å²) in [6.45, 7) is 1.93. The number of benzene rings is 1. The zero-order chi connectivity index (χ0) is 15.5. The number of thiazole rings is 1. The second-order valence-corrected chi connectivity index (χ2v) is 6.39. The van der Waals surface area contributed by atoms with E-state index in [1.54, 1.807) is 18.0 Å². The van der Waals surface area contributed by atoms with Gasteiger partial charge in [-0.3, -0.25) is 10.1 Å². The van der Waals surface area contributed by atoms with Gasteiger partial charge in [-0.15, -0.1) is 23.1 Å². The van der Waals surface area contributed by atoms with Crippen molar-refractivity contribution < 1.29 is 9.21 Å². The molecule has 0 saturated heterocycles. The molecule has 0 spiro atoms. The van der Waals surface area contributed by atoms with Gasteiger partial charge in [0.1, 0.15) is 5.69 Å². The molecule has 3 rings (SSSR count). The van der Waals surface area contributed by atoms with E-state index in [-0.39, 0.29) is 5.91 Å². The highest BCUT2D eigenvalue weighted by Gasteiger charge is 2.13. The molecule has 0 radical (unpaired) electrons. The SMILES string of the molecule is CSc1ccc(C)c(C(=O)Nc2nc(-c3ccco3)cs2)c1. The van der Waals surface area contributed by atoms with Crippen LogP contribution in [0.1, 0.15) is 15.9 Å². The number of hydrogen-bond donors (Lipinski definition) is 1. The van der Waals surface area contributed by atoms with Crippen LogP contribution < -0.4 is 5.32 Å². The summed E-state index contributed by atoms with van der Waals surface area (Å²) < 4.78 is 5.30. The maximum Gasteiger partial charge on any atom is 0.257 e. The van der Waals surface area contributed by atoms with Gasteiger partial charge in [0.25, 0.3) is 5.91 Å². The van der Waals surface area contributed by atoms with Crippen LogP contribution in [0.5, 0.6) is 0 Å². The fraction of sp³-hybridized carbons (Fsp3) is 0.125. The molecular formula is C16H14N2O2S2. The monoisotopic (exact) mass is 330 g/mol. The second kappa shape index (κ2) is 6.37. The van der Waals surface area contributed by atoms with E-state index in [0.717, 1.165) is 16.2 Å². The van der Waals surface area contributed by atoms with Crippen LogP contribution in [0.15, 0.2) is 51.3 Å². The number of furan rings is 1. The standard InChI is InChI=1S/C16H14N2O2S2/c1-10-5-6-11(21-2)8-12(10)15(19)18-16-17-13(9-22-16)14-4-3-7-20-14/h3-9H,1-2H3,(H,17,18,19). The Morgan fingerprint density at radius 3 is 2.95 bits per heavy atom. The molecule has 2 aromatic heterocycles. The second-order valence-electron chi connectivity index (χ2n) is 4.65. The molecule has 22 heavy (non-hydrogen) atoms. The number of aromatic nitrogens is 1. The molecule has 112 valence electrons. The third kappa shape index (κ3) is 3.08. The van der Waals surface area contributed by atoms with Crippen molar-refractivity contribution in [2.24, 2.45) is 0 Å². The molecular weight excluding hydrogens is 316 g/mol. The summed E-state index contributed by atoms with van der Waals surface area (Å²) >= 11 is 2.99. The van der Waals surface area contributed by atoms with Gasteiger partial charge in [0.15, 0.2) is 10.9 Å². The number of carbonyl (C=O) groups excluding carboxylic acids is 1. The number of carbonyl (C=O) groups is 1. The van der Waals surface area contributed by atoms with E-state index in [1.807, 2.05) is 48.9 Å². The van der Waals surface area contributed by atoms with Crippen LogP contribution in [0.25, 0.3) is 11.5 Å². The number of nitrogens with zero attached hydrogens (tertiary/aromatic N) is 1. The topological polar surface area (TPSA) is 55.1 Å². The summed E-state index contributed by atoms with van der Waals surface area (Å²) in [5.41, 5.74) is 2.33. The van der Waals surface area contributed by atoms with Gasteiger partial charge in [0.05, 0.1) is 6.26 Å². The Hall–Kier alpha value is -2.05. The van der Waals surface area contributed by atoms with Crippen molar-refractivity contribution >= 4 is 34.1 Å². The third-order valence-corrected chi connectivity index (χ3v) is 4.67. The Kier molecular flexibility index (Phi) is 4.31. The fourth-order valence-corrected chi connectivity index (χ4v) is 3.14. The Labute approximate surface area is 136 Å². The minimum Gasteiger partial charge on any atom is -0.463 e. The number of anilines is 1. The maximum absolute atomic E-state index is 12.4. The summed E-state index contributed by atoms with van der Waals surface area (Å²) in [4.78, 5) is 17.9. The first-order chi connectivity index (χ1) is 10.7. The lowest BCUT2D eigenvalue weighted by molar-refractivity contribution is 0.102. The largest absolute Gasteiger partial charge is 0.463 e. The quantitative estimate of drug-likeness (QED) is 0.705. The zero-order valence-corrected chi connectivity index (χ0v) is 13.8. The van der Waals surface area contributed by atoms with Gasteiger partial charge in [-0.05, 0) is 43.0 Å². The molecule has 0 saturated carbocycles. The highest BCUT2D eigenvalue weighted by atomic mass is 32.2. The van der Waals surface area contributed by atoms with Crippen molar-refractivity contribution in [2.45, 2.75) is 11.8 Å². The van der Waals surface area contributed by atoms with Crippen LogP contribution >= 0.6 is 23.1 Å². The molecule has 0 atom stereocenters. The summed E-state index contributed by atoms with van der Waals surface area (Å²) in [6, 6.07) is 9.51. The summed E-state index contributed by atoms with van der Waals surface area (Å²) in [6.07, 6.45) is 3.59. The molecule has 0 aliphatic carbocycles. The minimum absolute atomic E-state index is 0.145. The first-order valence-corrected chi connectivity index (χ1v) is 8.73. The lowest BCUT2D eigenvalue weighted by Gasteiger charge is -2.07. The van der Waals surface area contributed by atoms with Crippen LogP contribution in [0.3, 0.4) is 0 Å². The fourth-order valence-electron chi connectivity index (χ4n) is 2.01. The number of amides is 1. The molecule has 6 heteroatoms. The lowest BCUT2D eigenvalue weighted by atomic mass is 10.1. The van der Waals surface area contributed by atoms with Crippen LogP contribution in [-0.4, -0.2) is 17.1 Å². The minimum atomic E-state index is -0.145. The van der Waals surface area contributed by atoms with Crippen LogP contribution in [0.4, 0.5) is 5.13 Å². The van der Waals surface area contributed by atoms with E-state index < -0.39 is 0 Å². The van der Waals surface area contributed by atoms with Gasteiger partial charge >= 0.3 is 0 Å². The lowest BCUT2D eigenvalue weighted by Crippen LogP contribution is -2.13. The molecule has 4 nitrogen and oxygen atoms in total. The highest BCUT2D eigenvalue weighted by Crippen LogP contribution is 2.26. The molecule has 0 fully saturated rings. The summed E-state index contributed by atoms with van der Waals surface area (Å²) in [7, 11) is 0. The molecule has 0 aliphatic heterocycles. The van der Waals surface area contributed by atoms with E-state index in [4.69, 9.17) is 4.42 Å². The van der Waals surface area contributed by atoms with Crippen molar-refractivity contribution in [2.75, 3.05) is 11.6 Å². The van der Waals surface area contributed by atoms with Crippen LogP contribution in [0.2, 0.25) is 0 Å². The van der Waals surface area contributed by atoms with Crippen molar-refractivity contribution in [3.8, 4) is 11.5 Å². The smallest absolute Gasteiger partial charge is 0.257 e. The molecule has 1 N–H and O–H groups in total. The van der Waals surface area contributed by atoms with Crippen LogP contribution in [-0.2, 0) is 0 Å². The number of nitrogens with one attached hydrogen (secondary N) is 1. The average Bonchev–Trinajstić information content (AvgIpc) is 3.18. The van der Waals surface area contributed by atoms with E-state index in [2.05, 4.69) is 10.3 Å². The number of hydrogen-bond acceptors (Lipinski definition) is 5. The van der Waals surface area contributed by atoms with E-state index in [1.165, 1.54) is 11.3 Å². The highest BCUT2D eigenvalue weighted by molar-refractivity contribution is 7.98. The molecule has 0 aliphatic rings. The number of rotatable bonds is 4. The normalized spacial score (nSPS) is 10.6. The third-order valence-electron chi connectivity index (χ3n) is 3.19. The Balaban J connectivity index is 1.80. The average molecular weight is 330 g/mol. The van der Waals surface area contributed by atoms with Gasteiger partial charge in [-0.1, -0.05) is 6.07 Å². The predicted octanol–water partition coefficient (Wildman–Crippen LogP) is 4.69. The molecule has 3 aromatic rings. The van der Waals surface area contributed by atoms with Crippen molar-refractivity contribution in [3.05, 3.63) is 53.1 Å². The Morgan fingerprint density at radius 2 is 2.23 bits per heavy atom. The van der Waals surface area contributed by atoms with Gasteiger partial charge in [0.2, 0.25) is 0 Å². The predicted molar refractivity (Wildman–Crippen MR) is 90.7 cm³/mol. The van der Waals surface area contributed by atoms with Gasteiger partial charge < -0.3 is 4.42 Å². The molecule has 1 amide bonds. The van der Waals surface area contributed by atoms with Gasteiger partial charge in [-0.25, -0.2) is 4.98 Å². The van der Waals surface area contributed by atoms with E-state index in [9.17, 15) is 4.79 Å². The summed E-state index contributed by atoms with van der Waals surface area (Å²) in [5, 5.41) is 5.27. The first-order valence-electron chi connectivity index (χ1n) is 6.63. The zero-order valence-electron chi connectivity index (χ0n) is 12.1. The molecule has 0 unspecified atom stereocenters. The number of aryl methyl sites for hydroxylation is 1. The maximum atomic E-state index is 12.4. The Morgan fingerprint density at radius 1 is 1.36 bits per heavy atom. The van der Waals surface area contributed by atoms with Gasteiger partial charge in [-0.2, -0.15) is 0 Å². The van der Waals surface area contributed by atoms with E-state index in [0.29, 0.717) is 16.5 Å². The molecule has 0 bridgehead atoms. The molecule has 1 aromatic carbocycles. The van der Waals surface area contributed by atoms with Gasteiger partial charge in [0, 0.05) is 15.8 Å². The van der Waals surface area contributed by atoms with Crippen molar-refractivity contribution in [1.82, 2.24) is 4.98 Å². The summed E-state index contributed by atoms with van der Waals surface area (Å²) in [5.74, 6) is 0.547.